The van der Waals surface area contributed by atoms with Crippen LogP contribution < -0.4 is 11.1 Å². The molecule has 0 saturated carbocycles. The maximum atomic E-state index is 12.0. The van der Waals surface area contributed by atoms with Gasteiger partial charge in [0.25, 0.3) is 0 Å². The fourth-order valence-electron chi connectivity index (χ4n) is 1.77. The van der Waals surface area contributed by atoms with Crippen molar-refractivity contribution in [3.63, 3.8) is 0 Å². The lowest BCUT2D eigenvalue weighted by Gasteiger charge is -2.08. The highest BCUT2D eigenvalue weighted by Crippen LogP contribution is 2.26. The number of benzene rings is 2. The predicted molar refractivity (Wildman–Crippen MR) is 93.8 cm³/mol. The van der Waals surface area contributed by atoms with Crippen LogP contribution >= 0.6 is 27.7 Å². The van der Waals surface area contributed by atoms with E-state index in [1.165, 1.54) is 22.9 Å². The third kappa shape index (κ3) is 4.51. The lowest BCUT2D eigenvalue weighted by atomic mass is 10.1. The van der Waals surface area contributed by atoms with Crippen molar-refractivity contribution in [2.45, 2.75) is 18.7 Å². The van der Waals surface area contributed by atoms with Crippen molar-refractivity contribution in [3.8, 4) is 0 Å². The standard InChI is InChI=1S/C16H17BrN2OS/c1-10-3-5-13(7-11(10)2)21-9-16(20)19-15-6-4-12(18)8-14(15)17/h3-8H,9,18H2,1-2H3,(H,19,20). The van der Waals surface area contributed by atoms with E-state index in [0.717, 1.165) is 15.1 Å². The Morgan fingerprint density at radius 2 is 1.95 bits per heavy atom. The molecule has 0 heterocycles. The van der Waals surface area contributed by atoms with Gasteiger partial charge < -0.3 is 11.1 Å². The number of nitrogens with one attached hydrogen (secondary N) is 1. The summed E-state index contributed by atoms with van der Waals surface area (Å²) in [5, 5.41) is 2.87. The molecule has 0 bridgehead atoms. The van der Waals surface area contributed by atoms with Crippen LogP contribution in [-0.4, -0.2) is 11.7 Å². The molecule has 2 rings (SSSR count). The topological polar surface area (TPSA) is 55.1 Å². The predicted octanol–water partition coefficient (Wildman–Crippen LogP) is 4.38. The Kier molecular flexibility index (Phi) is 5.31. The number of amides is 1. The molecule has 1 amide bonds. The first kappa shape index (κ1) is 15.9. The maximum Gasteiger partial charge on any atom is 0.234 e. The third-order valence-electron chi connectivity index (χ3n) is 3.12. The van der Waals surface area contributed by atoms with Gasteiger partial charge in [0.15, 0.2) is 0 Å². The van der Waals surface area contributed by atoms with Crippen LogP contribution in [0.5, 0.6) is 0 Å². The van der Waals surface area contributed by atoms with E-state index >= 15 is 0 Å². The van der Waals surface area contributed by atoms with E-state index in [1.54, 1.807) is 18.2 Å². The largest absolute Gasteiger partial charge is 0.399 e. The van der Waals surface area contributed by atoms with Gasteiger partial charge in [0.05, 0.1) is 11.4 Å². The first-order valence-electron chi connectivity index (χ1n) is 6.50. The molecule has 0 radical (unpaired) electrons. The van der Waals surface area contributed by atoms with Gasteiger partial charge in [0, 0.05) is 15.1 Å². The third-order valence-corrected chi connectivity index (χ3v) is 4.77. The van der Waals surface area contributed by atoms with Gasteiger partial charge >= 0.3 is 0 Å². The van der Waals surface area contributed by atoms with Gasteiger partial charge in [-0.2, -0.15) is 0 Å². The summed E-state index contributed by atoms with van der Waals surface area (Å²) in [6.07, 6.45) is 0. The van der Waals surface area contributed by atoms with Gasteiger partial charge in [-0.1, -0.05) is 6.07 Å². The Balaban J connectivity index is 1.94. The summed E-state index contributed by atoms with van der Waals surface area (Å²) in [7, 11) is 0. The van der Waals surface area contributed by atoms with Gasteiger partial charge in [-0.25, -0.2) is 0 Å². The lowest BCUT2D eigenvalue weighted by molar-refractivity contribution is -0.113. The van der Waals surface area contributed by atoms with Crippen molar-refractivity contribution in [3.05, 3.63) is 52.0 Å². The summed E-state index contributed by atoms with van der Waals surface area (Å²) in [5.41, 5.74) is 9.56. The number of anilines is 2. The Labute approximate surface area is 137 Å². The number of aryl methyl sites for hydroxylation is 2. The summed E-state index contributed by atoms with van der Waals surface area (Å²) in [4.78, 5) is 13.1. The zero-order valence-electron chi connectivity index (χ0n) is 11.9. The molecule has 3 N–H and O–H groups in total. The van der Waals surface area contributed by atoms with E-state index in [4.69, 9.17) is 5.73 Å². The van der Waals surface area contributed by atoms with E-state index in [1.807, 2.05) is 6.07 Å². The molecule has 21 heavy (non-hydrogen) atoms. The highest BCUT2D eigenvalue weighted by atomic mass is 79.9. The normalized spacial score (nSPS) is 10.4. The van der Waals surface area contributed by atoms with Crippen LogP contribution in [-0.2, 0) is 4.79 Å². The van der Waals surface area contributed by atoms with Crippen molar-refractivity contribution in [1.82, 2.24) is 0 Å². The van der Waals surface area contributed by atoms with Crippen LogP contribution in [0.4, 0.5) is 11.4 Å². The van der Waals surface area contributed by atoms with Gasteiger partial charge in [-0.05, 0) is 71.2 Å². The van der Waals surface area contributed by atoms with Crippen molar-refractivity contribution in [1.29, 1.82) is 0 Å². The lowest BCUT2D eigenvalue weighted by Crippen LogP contribution is -2.14. The quantitative estimate of drug-likeness (QED) is 0.625. The molecule has 0 spiro atoms. The summed E-state index contributed by atoms with van der Waals surface area (Å²) >= 11 is 4.92. The fraction of sp³-hybridized carbons (Fsp3) is 0.188. The van der Waals surface area contributed by atoms with Crippen LogP contribution in [0.25, 0.3) is 0 Å². The molecule has 0 aromatic heterocycles. The van der Waals surface area contributed by atoms with E-state index in [9.17, 15) is 4.79 Å². The van der Waals surface area contributed by atoms with Crippen molar-refractivity contribution in [2.24, 2.45) is 0 Å². The van der Waals surface area contributed by atoms with E-state index in [0.29, 0.717) is 11.4 Å². The number of hydrogen-bond acceptors (Lipinski definition) is 3. The summed E-state index contributed by atoms with van der Waals surface area (Å²) in [6.45, 7) is 4.15. The van der Waals surface area contributed by atoms with Gasteiger partial charge in [0.1, 0.15) is 0 Å². The van der Waals surface area contributed by atoms with Gasteiger partial charge in [-0.15, -0.1) is 11.8 Å². The monoisotopic (exact) mass is 364 g/mol. The van der Waals surface area contributed by atoms with Crippen LogP contribution in [0.2, 0.25) is 0 Å². The molecule has 0 atom stereocenters. The van der Waals surface area contributed by atoms with Gasteiger partial charge in [-0.3, -0.25) is 4.79 Å². The highest BCUT2D eigenvalue weighted by Gasteiger charge is 2.07. The van der Waals surface area contributed by atoms with Crippen molar-refractivity contribution in [2.75, 3.05) is 16.8 Å². The molecule has 3 nitrogen and oxygen atoms in total. The minimum absolute atomic E-state index is 0.0382. The van der Waals surface area contributed by atoms with Crippen LogP contribution in [0, 0.1) is 13.8 Å². The molecule has 0 aliphatic carbocycles. The zero-order chi connectivity index (χ0) is 15.4. The number of thioether (sulfide) groups is 1. The van der Waals surface area contributed by atoms with Crippen LogP contribution in [0.15, 0.2) is 45.8 Å². The minimum atomic E-state index is -0.0382. The summed E-state index contributed by atoms with van der Waals surface area (Å²) in [6, 6.07) is 11.5. The van der Waals surface area contributed by atoms with Crippen LogP contribution in [0.3, 0.4) is 0 Å². The second kappa shape index (κ2) is 7.00. The van der Waals surface area contributed by atoms with Gasteiger partial charge in [0.2, 0.25) is 5.91 Å². The molecular weight excluding hydrogens is 348 g/mol. The molecule has 0 saturated heterocycles. The molecular formula is C16H17BrN2OS. The average molecular weight is 365 g/mol. The second-order valence-corrected chi connectivity index (χ2v) is 6.73. The SMILES string of the molecule is Cc1ccc(SCC(=O)Nc2ccc(N)cc2Br)cc1C. The fourth-order valence-corrected chi connectivity index (χ4v) is 3.06. The molecule has 0 unspecified atom stereocenters. The Bertz CT molecular complexity index is 673. The number of carbonyl (C=O) groups is 1. The Morgan fingerprint density at radius 3 is 2.62 bits per heavy atom. The second-order valence-electron chi connectivity index (χ2n) is 4.82. The molecule has 110 valence electrons. The number of halogens is 1. The number of nitrogens with two attached hydrogens (primary N) is 1. The number of rotatable bonds is 4. The molecule has 0 aliphatic heterocycles. The Morgan fingerprint density at radius 1 is 1.19 bits per heavy atom. The van der Waals surface area contributed by atoms with E-state index in [2.05, 4.69) is 47.2 Å². The van der Waals surface area contributed by atoms with Crippen molar-refractivity contribution < 1.29 is 4.79 Å². The Hall–Kier alpha value is -1.46. The highest BCUT2D eigenvalue weighted by molar-refractivity contribution is 9.10. The summed E-state index contributed by atoms with van der Waals surface area (Å²) < 4.78 is 0.784. The number of nitrogen functional groups attached to an aromatic ring is 1. The maximum absolute atomic E-state index is 12.0. The molecule has 2 aromatic carbocycles. The molecule has 0 aliphatic rings. The first-order valence-corrected chi connectivity index (χ1v) is 8.28. The average Bonchev–Trinajstić information content (AvgIpc) is 2.43. The zero-order valence-corrected chi connectivity index (χ0v) is 14.3. The van der Waals surface area contributed by atoms with Crippen LogP contribution in [0.1, 0.15) is 11.1 Å². The summed E-state index contributed by atoms with van der Waals surface area (Å²) in [5.74, 6) is 0.336. The smallest absolute Gasteiger partial charge is 0.234 e. The number of hydrogen-bond donors (Lipinski definition) is 2. The first-order chi connectivity index (χ1) is 9.95. The molecule has 0 fully saturated rings. The minimum Gasteiger partial charge on any atom is -0.399 e. The molecule has 5 heteroatoms. The number of carbonyl (C=O) groups excluding carboxylic acids is 1. The molecule has 2 aromatic rings. The van der Waals surface area contributed by atoms with Crippen molar-refractivity contribution >= 4 is 45.0 Å². The van der Waals surface area contributed by atoms with E-state index in [-0.39, 0.29) is 5.91 Å². The van der Waals surface area contributed by atoms with E-state index < -0.39 is 0 Å².